The number of carbonyl (C=O) groups excluding carboxylic acids is 3. The molecule has 0 radical (unpaired) electrons. The highest BCUT2D eigenvalue weighted by Crippen LogP contribution is 2.40. The van der Waals surface area contributed by atoms with Crippen LogP contribution in [0.3, 0.4) is 0 Å². The fraction of sp³-hybridized carbons (Fsp3) is 0.0741. The van der Waals surface area contributed by atoms with Gasteiger partial charge < -0.3 is 9.47 Å². The van der Waals surface area contributed by atoms with Crippen LogP contribution in [0, 0.1) is 0 Å². The highest BCUT2D eigenvalue weighted by atomic mass is 79.9. The Morgan fingerprint density at radius 3 is 2.58 bits per heavy atom. The summed E-state index contributed by atoms with van der Waals surface area (Å²) in [5, 5.41) is 3.61. The Morgan fingerprint density at radius 2 is 1.83 bits per heavy atom. The van der Waals surface area contributed by atoms with Gasteiger partial charge in [0.1, 0.15) is 4.88 Å². The lowest BCUT2D eigenvalue weighted by atomic mass is 10.1. The molecule has 180 valence electrons. The van der Waals surface area contributed by atoms with Crippen molar-refractivity contribution >= 4 is 73.0 Å². The minimum atomic E-state index is -0.494. The average Bonchev–Trinajstić information content (AvgIpc) is 3.50. The second-order valence-electron chi connectivity index (χ2n) is 7.85. The third kappa shape index (κ3) is 4.95. The summed E-state index contributed by atoms with van der Waals surface area (Å²) in [4.78, 5) is 40.2. The Balaban J connectivity index is 1.37. The zero-order valence-corrected chi connectivity index (χ0v) is 22.1. The Bertz CT molecular complexity index is 1530. The molecule has 1 aromatic heterocycles. The predicted octanol–water partition coefficient (Wildman–Crippen LogP) is 7.13. The smallest absolute Gasteiger partial charge is 0.353 e. The first kappa shape index (κ1) is 24.3. The van der Waals surface area contributed by atoms with Crippen molar-refractivity contribution in [2.75, 3.05) is 7.11 Å². The monoisotopic (exact) mass is 579 g/mol. The number of thiophene rings is 1. The first-order chi connectivity index (χ1) is 17.4. The van der Waals surface area contributed by atoms with Crippen LogP contribution in [-0.4, -0.2) is 29.1 Å². The van der Waals surface area contributed by atoms with Crippen molar-refractivity contribution < 1.29 is 23.9 Å². The van der Waals surface area contributed by atoms with Gasteiger partial charge in [-0.05, 0) is 85.3 Å². The number of hydrogen-bond acceptors (Lipinski definition) is 7. The van der Waals surface area contributed by atoms with E-state index in [4.69, 9.17) is 9.47 Å². The molecular weight excluding hydrogens is 562 g/mol. The number of carbonyl (C=O) groups is 3. The van der Waals surface area contributed by atoms with E-state index in [0.717, 1.165) is 28.1 Å². The van der Waals surface area contributed by atoms with Crippen molar-refractivity contribution in [2.24, 2.45) is 0 Å². The van der Waals surface area contributed by atoms with Crippen LogP contribution < -0.4 is 9.47 Å². The standard InChI is InChI=1S/C27H18BrNO5S2/c1-33-21-13-17(12-20(28)24(21)34-26(31)22-7-4-10-35-22)14-23-25(30)29(27(32)36-23)15-16-8-9-18-5-2-3-6-19(18)11-16/h2-14H,15H2,1H3/b23-14-. The molecule has 9 heteroatoms. The van der Waals surface area contributed by atoms with Crippen molar-refractivity contribution in [2.45, 2.75) is 6.54 Å². The number of thioether (sulfide) groups is 1. The van der Waals surface area contributed by atoms with Gasteiger partial charge in [0.05, 0.1) is 23.0 Å². The lowest BCUT2D eigenvalue weighted by Gasteiger charge is -2.13. The molecule has 2 amide bonds. The van der Waals surface area contributed by atoms with E-state index in [2.05, 4.69) is 15.9 Å². The van der Waals surface area contributed by atoms with Gasteiger partial charge in [0.25, 0.3) is 11.1 Å². The maximum absolute atomic E-state index is 13.1. The van der Waals surface area contributed by atoms with Gasteiger partial charge in [-0.25, -0.2) is 4.79 Å². The summed E-state index contributed by atoms with van der Waals surface area (Å²) in [5.74, 6) is -0.304. The van der Waals surface area contributed by atoms with E-state index in [1.807, 2.05) is 42.5 Å². The Morgan fingerprint density at radius 1 is 1.03 bits per heavy atom. The van der Waals surface area contributed by atoms with Gasteiger partial charge >= 0.3 is 5.97 Å². The van der Waals surface area contributed by atoms with Gasteiger partial charge in [0.2, 0.25) is 0 Å². The largest absolute Gasteiger partial charge is 0.493 e. The molecule has 0 spiro atoms. The Hall–Kier alpha value is -3.40. The molecule has 1 saturated heterocycles. The summed E-state index contributed by atoms with van der Waals surface area (Å²) in [6, 6.07) is 20.6. The summed E-state index contributed by atoms with van der Waals surface area (Å²) in [5.41, 5.74) is 1.49. The second kappa shape index (κ2) is 10.3. The van der Waals surface area contributed by atoms with E-state index >= 15 is 0 Å². The number of fused-ring (bicyclic) bond motifs is 1. The first-order valence-electron chi connectivity index (χ1n) is 10.8. The van der Waals surface area contributed by atoms with E-state index in [9.17, 15) is 14.4 Å². The second-order valence-corrected chi connectivity index (χ2v) is 10.6. The number of esters is 1. The molecule has 0 bridgehead atoms. The molecule has 0 unspecified atom stereocenters. The maximum atomic E-state index is 13.1. The number of ether oxygens (including phenoxy) is 2. The molecule has 1 aliphatic heterocycles. The molecule has 1 aliphatic rings. The number of benzene rings is 3. The van der Waals surface area contributed by atoms with Crippen LogP contribution in [-0.2, 0) is 11.3 Å². The normalized spacial score (nSPS) is 14.6. The lowest BCUT2D eigenvalue weighted by Crippen LogP contribution is -2.27. The quantitative estimate of drug-likeness (QED) is 0.137. The molecule has 0 atom stereocenters. The maximum Gasteiger partial charge on any atom is 0.353 e. The van der Waals surface area contributed by atoms with E-state index in [-0.39, 0.29) is 23.4 Å². The van der Waals surface area contributed by atoms with Gasteiger partial charge in [0.15, 0.2) is 11.5 Å². The summed E-state index contributed by atoms with van der Waals surface area (Å²) in [6.45, 7) is 0.192. The van der Waals surface area contributed by atoms with Crippen molar-refractivity contribution in [3.63, 3.8) is 0 Å². The van der Waals surface area contributed by atoms with Crippen LogP contribution in [0.25, 0.3) is 16.8 Å². The number of methoxy groups -OCH3 is 1. The van der Waals surface area contributed by atoms with Crippen LogP contribution in [0.5, 0.6) is 11.5 Å². The molecular formula is C27H18BrNO5S2. The third-order valence-corrected chi connectivity index (χ3v) is 7.84. The van der Waals surface area contributed by atoms with Crippen molar-refractivity contribution in [3.05, 3.63) is 97.5 Å². The van der Waals surface area contributed by atoms with Crippen molar-refractivity contribution in [3.8, 4) is 11.5 Å². The van der Waals surface area contributed by atoms with Crippen molar-refractivity contribution in [1.29, 1.82) is 0 Å². The van der Waals surface area contributed by atoms with Crippen LogP contribution in [0.4, 0.5) is 4.79 Å². The van der Waals surface area contributed by atoms with Crippen LogP contribution in [0.15, 0.2) is 81.5 Å². The summed E-state index contributed by atoms with van der Waals surface area (Å²) >= 11 is 5.60. The molecule has 0 aliphatic carbocycles. The van der Waals surface area contributed by atoms with Gasteiger partial charge in [0, 0.05) is 0 Å². The molecule has 4 aromatic rings. The van der Waals surface area contributed by atoms with E-state index in [0.29, 0.717) is 25.6 Å². The molecule has 3 aromatic carbocycles. The third-order valence-electron chi connectivity index (χ3n) is 5.49. The van der Waals surface area contributed by atoms with E-state index in [1.54, 1.807) is 35.7 Å². The van der Waals surface area contributed by atoms with Crippen LogP contribution in [0.1, 0.15) is 20.8 Å². The molecule has 36 heavy (non-hydrogen) atoms. The topological polar surface area (TPSA) is 72.9 Å². The fourth-order valence-electron chi connectivity index (χ4n) is 3.77. The lowest BCUT2D eigenvalue weighted by molar-refractivity contribution is -0.123. The minimum absolute atomic E-state index is 0.192. The Kier molecular flexibility index (Phi) is 6.95. The zero-order chi connectivity index (χ0) is 25.2. The van der Waals surface area contributed by atoms with Gasteiger partial charge in [-0.1, -0.05) is 42.5 Å². The van der Waals surface area contributed by atoms with Crippen LogP contribution in [0.2, 0.25) is 0 Å². The van der Waals surface area contributed by atoms with Gasteiger partial charge in [-0.15, -0.1) is 11.3 Å². The van der Waals surface area contributed by atoms with Gasteiger partial charge in [-0.2, -0.15) is 0 Å². The molecule has 1 fully saturated rings. The number of hydrogen-bond donors (Lipinski definition) is 0. The first-order valence-corrected chi connectivity index (χ1v) is 13.3. The highest BCUT2D eigenvalue weighted by molar-refractivity contribution is 9.10. The number of imide groups is 1. The molecule has 2 heterocycles. The van der Waals surface area contributed by atoms with Crippen LogP contribution >= 0.6 is 39.0 Å². The number of rotatable bonds is 6. The molecule has 5 rings (SSSR count). The van der Waals surface area contributed by atoms with E-state index < -0.39 is 5.97 Å². The molecule has 0 saturated carbocycles. The highest BCUT2D eigenvalue weighted by Gasteiger charge is 2.35. The van der Waals surface area contributed by atoms with Crippen molar-refractivity contribution in [1.82, 2.24) is 4.90 Å². The summed E-state index contributed by atoms with van der Waals surface area (Å²) in [7, 11) is 1.46. The number of halogens is 1. The summed E-state index contributed by atoms with van der Waals surface area (Å²) in [6.07, 6.45) is 1.63. The van der Waals surface area contributed by atoms with Gasteiger partial charge in [-0.3, -0.25) is 14.5 Å². The SMILES string of the molecule is COc1cc(/C=C2\SC(=O)N(Cc3ccc4ccccc4c3)C2=O)cc(Br)c1OC(=O)c1cccs1. The summed E-state index contributed by atoms with van der Waals surface area (Å²) < 4.78 is 11.4. The molecule has 6 nitrogen and oxygen atoms in total. The average molecular weight is 580 g/mol. The predicted molar refractivity (Wildman–Crippen MR) is 145 cm³/mol. The minimum Gasteiger partial charge on any atom is -0.493 e. The zero-order valence-electron chi connectivity index (χ0n) is 18.9. The molecule has 0 N–H and O–H groups in total. The van der Waals surface area contributed by atoms with E-state index in [1.165, 1.54) is 23.3 Å². The number of nitrogens with zero attached hydrogens (tertiary/aromatic N) is 1. The number of amides is 2. The Labute approximate surface area is 223 Å². The fourth-order valence-corrected chi connectivity index (χ4v) is 5.74.